The van der Waals surface area contributed by atoms with E-state index in [2.05, 4.69) is 0 Å². The quantitative estimate of drug-likeness (QED) is 0.361. The molecule has 1 atom stereocenters. The minimum atomic E-state index is -4.81. The third kappa shape index (κ3) is 9.00. The zero-order valence-corrected chi connectivity index (χ0v) is 9.11. The minimum absolute atomic E-state index is 0. The summed E-state index contributed by atoms with van der Waals surface area (Å²) in [4.78, 5) is 19.9. The molecule has 0 fully saturated rings. The van der Waals surface area contributed by atoms with Gasteiger partial charge in [-0.15, -0.1) is 0 Å². The first kappa shape index (κ1) is 20.5. The van der Waals surface area contributed by atoms with Crippen LogP contribution in [0.25, 0.3) is 0 Å². The molecule has 0 bridgehead atoms. The van der Waals surface area contributed by atoms with Crippen molar-refractivity contribution < 1.29 is 70.5 Å². The number of rotatable bonds is 5. The molecule has 1 N–H and O–H groups in total. The van der Waals surface area contributed by atoms with E-state index in [1.807, 2.05) is 0 Å². The van der Waals surface area contributed by atoms with Crippen molar-refractivity contribution in [2.75, 3.05) is 0 Å². The first-order valence-corrected chi connectivity index (χ1v) is 4.62. The molecule has 0 spiro atoms. The van der Waals surface area contributed by atoms with Gasteiger partial charge < -0.3 is 19.8 Å². The number of carboxylic acid groups (broad SMARTS) is 2. The molecular weight excluding hydrogens is 218 g/mol. The Kier molecular flexibility index (Phi) is 11.2. The van der Waals surface area contributed by atoms with E-state index in [9.17, 15) is 28.2 Å². The second-order valence-electron chi connectivity index (χ2n) is 2.23. The van der Waals surface area contributed by atoms with Gasteiger partial charge in [0.2, 0.25) is 0 Å². The van der Waals surface area contributed by atoms with Crippen LogP contribution in [0.3, 0.4) is 0 Å². The van der Waals surface area contributed by atoms with E-state index < -0.39 is 40.1 Å². The first-order valence-electron chi connectivity index (χ1n) is 3.12. The Hall–Kier alpha value is 0.0448. The fourth-order valence-corrected chi connectivity index (χ4v) is 1.30. The van der Waals surface area contributed by atoms with Gasteiger partial charge in [0.15, 0.2) is 0 Å². The average molecular weight is 224 g/mol. The average Bonchev–Trinajstić information content (AvgIpc) is 1.81. The fourth-order valence-electron chi connectivity index (χ4n) is 0.637. The van der Waals surface area contributed by atoms with Gasteiger partial charge in [0, 0.05) is 5.97 Å². The third-order valence-electron chi connectivity index (χ3n) is 1.23. The van der Waals surface area contributed by atoms with Gasteiger partial charge in [-0.2, -0.15) is 8.42 Å². The molecule has 10 heteroatoms. The summed E-state index contributed by atoms with van der Waals surface area (Å²) in [5.41, 5.74) is 0. The van der Waals surface area contributed by atoms with Crippen molar-refractivity contribution in [2.24, 2.45) is 0 Å². The molecule has 0 aliphatic rings. The van der Waals surface area contributed by atoms with Gasteiger partial charge in [-0.3, -0.25) is 4.55 Å². The molecular formula is C5H6Li2O7S. The van der Waals surface area contributed by atoms with Gasteiger partial charge in [0.05, 0.1) is 5.97 Å². The van der Waals surface area contributed by atoms with Crippen LogP contribution in [0, 0.1) is 0 Å². The minimum Gasteiger partial charge on any atom is -0.550 e. The van der Waals surface area contributed by atoms with Crippen LogP contribution in [0.5, 0.6) is 0 Å². The topological polar surface area (TPSA) is 135 Å². The smallest absolute Gasteiger partial charge is 0.550 e. The second kappa shape index (κ2) is 8.23. The van der Waals surface area contributed by atoms with Crippen molar-refractivity contribution in [1.82, 2.24) is 0 Å². The number of aliphatic carboxylic acids is 2. The number of hydrogen-bond donors (Lipinski definition) is 1. The van der Waals surface area contributed by atoms with Gasteiger partial charge in [-0.1, -0.05) is 0 Å². The van der Waals surface area contributed by atoms with Crippen LogP contribution in [0.2, 0.25) is 0 Å². The number of carboxylic acids is 2. The summed E-state index contributed by atoms with van der Waals surface area (Å²) in [7, 11) is -4.81. The maximum absolute atomic E-state index is 10.3. The zero-order valence-electron chi connectivity index (χ0n) is 8.30. The van der Waals surface area contributed by atoms with Crippen molar-refractivity contribution in [2.45, 2.75) is 18.1 Å². The normalized spacial score (nSPS) is 11.8. The molecule has 0 rings (SSSR count). The van der Waals surface area contributed by atoms with E-state index in [0.29, 0.717) is 0 Å². The summed E-state index contributed by atoms with van der Waals surface area (Å²) >= 11 is 0. The molecule has 0 radical (unpaired) electrons. The number of hydrogen-bond acceptors (Lipinski definition) is 6. The molecule has 15 heavy (non-hydrogen) atoms. The standard InChI is InChI=1S/C5H8O7S.2Li/c6-4(7)2-1-3(5(8)9)13(10,11)12;;/h3H,1-2H2,(H,6,7)(H,8,9)(H,10,11,12);;/q;2*+1/p-2. The Balaban J connectivity index is -0.000000720. The van der Waals surface area contributed by atoms with Gasteiger partial charge >= 0.3 is 37.7 Å². The largest absolute Gasteiger partial charge is 1.00 e. The van der Waals surface area contributed by atoms with E-state index >= 15 is 0 Å². The van der Waals surface area contributed by atoms with E-state index in [-0.39, 0.29) is 37.7 Å². The Labute approximate surface area is 110 Å². The summed E-state index contributed by atoms with van der Waals surface area (Å²) in [6, 6.07) is 0. The van der Waals surface area contributed by atoms with E-state index in [1.165, 1.54) is 0 Å². The molecule has 0 saturated heterocycles. The molecule has 0 amide bonds. The van der Waals surface area contributed by atoms with Crippen molar-refractivity contribution in [3.8, 4) is 0 Å². The molecule has 1 unspecified atom stereocenters. The zero-order chi connectivity index (χ0) is 10.6. The maximum atomic E-state index is 10.3. The molecule has 76 valence electrons. The van der Waals surface area contributed by atoms with Crippen LogP contribution >= 0.6 is 0 Å². The van der Waals surface area contributed by atoms with Crippen molar-refractivity contribution in [1.29, 1.82) is 0 Å². The summed E-state index contributed by atoms with van der Waals surface area (Å²) < 4.78 is 28.9. The van der Waals surface area contributed by atoms with Gasteiger partial charge in [-0.25, -0.2) is 0 Å². The predicted molar refractivity (Wildman–Crippen MR) is 34.6 cm³/mol. The molecule has 0 aliphatic heterocycles. The summed E-state index contributed by atoms with van der Waals surface area (Å²) in [5.74, 6) is -3.64. The molecule has 0 aromatic rings. The fraction of sp³-hybridized carbons (Fsp3) is 0.600. The molecule has 0 aromatic heterocycles. The molecule has 0 saturated carbocycles. The second-order valence-corrected chi connectivity index (χ2v) is 3.83. The van der Waals surface area contributed by atoms with Crippen LogP contribution in [0.4, 0.5) is 0 Å². The van der Waals surface area contributed by atoms with E-state index in [4.69, 9.17) is 4.55 Å². The summed E-state index contributed by atoms with van der Waals surface area (Å²) in [5, 5.41) is 17.7. The van der Waals surface area contributed by atoms with Crippen molar-refractivity contribution in [3.05, 3.63) is 0 Å². The Bertz CT molecular complexity index is 311. The number of carbonyl (C=O) groups is 2. The van der Waals surface area contributed by atoms with E-state index in [1.54, 1.807) is 0 Å². The van der Waals surface area contributed by atoms with Crippen molar-refractivity contribution in [3.63, 3.8) is 0 Å². The van der Waals surface area contributed by atoms with Crippen LogP contribution in [0.1, 0.15) is 12.8 Å². The summed E-state index contributed by atoms with van der Waals surface area (Å²) in [6.45, 7) is 0. The van der Waals surface area contributed by atoms with Gasteiger partial charge in [-0.05, 0) is 12.8 Å². The SMILES string of the molecule is O=C([O-])CCC(C(=O)[O-])S(=O)(=O)O.[Li+].[Li+]. The van der Waals surface area contributed by atoms with Crippen LogP contribution < -0.4 is 47.9 Å². The maximum Gasteiger partial charge on any atom is 1.00 e. The Morgan fingerprint density at radius 1 is 1.20 bits per heavy atom. The van der Waals surface area contributed by atoms with Crippen LogP contribution in [-0.2, 0) is 19.7 Å². The monoisotopic (exact) mass is 224 g/mol. The Morgan fingerprint density at radius 3 is 1.80 bits per heavy atom. The van der Waals surface area contributed by atoms with Crippen LogP contribution in [-0.4, -0.2) is 30.2 Å². The number of carbonyl (C=O) groups excluding carboxylic acids is 2. The third-order valence-corrected chi connectivity index (χ3v) is 2.38. The van der Waals surface area contributed by atoms with Gasteiger partial charge in [0.25, 0.3) is 10.1 Å². The first-order chi connectivity index (χ1) is 5.75. The summed E-state index contributed by atoms with van der Waals surface area (Å²) in [6.07, 6.45) is -1.55. The van der Waals surface area contributed by atoms with Crippen molar-refractivity contribution >= 4 is 22.1 Å². The van der Waals surface area contributed by atoms with Crippen LogP contribution in [0.15, 0.2) is 0 Å². The molecule has 0 heterocycles. The van der Waals surface area contributed by atoms with E-state index in [0.717, 1.165) is 0 Å². The van der Waals surface area contributed by atoms with Gasteiger partial charge in [0.1, 0.15) is 5.25 Å². The molecule has 0 aromatic carbocycles. The molecule has 0 aliphatic carbocycles. The predicted octanol–water partition coefficient (Wildman–Crippen LogP) is -9.47. The Morgan fingerprint density at radius 2 is 1.60 bits per heavy atom. The molecule has 7 nitrogen and oxygen atoms in total.